The highest BCUT2D eigenvalue weighted by Crippen LogP contribution is 2.35. The Labute approximate surface area is 152 Å². The van der Waals surface area contributed by atoms with Crippen LogP contribution in [0.3, 0.4) is 0 Å². The molecule has 0 radical (unpaired) electrons. The van der Waals surface area contributed by atoms with Crippen molar-refractivity contribution in [3.63, 3.8) is 0 Å². The minimum absolute atomic E-state index is 0.0149. The summed E-state index contributed by atoms with van der Waals surface area (Å²) in [4.78, 5) is 21.0. The number of aromatic nitrogens is 3. The molecule has 0 aliphatic carbocycles. The second-order valence-corrected chi connectivity index (χ2v) is 8.48. The molecule has 0 amide bonds. The number of nitrogen functional groups attached to an aromatic ring is 1. The molecule has 10 heteroatoms. The third-order valence-corrected chi connectivity index (χ3v) is 5.78. The van der Waals surface area contributed by atoms with Crippen molar-refractivity contribution in [2.75, 3.05) is 12.0 Å². The van der Waals surface area contributed by atoms with Gasteiger partial charge in [0.05, 0.1) is 11.3 Å². The molecule has 0 unspecified atom stereocenters. The first kappa shape index (κ1) is 16.6. The maximum Gasteiger partial charge on any atom is 0.283 e. The third kappa shape index (κ3) is 2.45. The van der Waals surface area contributed by atoms with Crippen molar-refractivity contribution in [1.82, 2.24) is 13.8 Å². The number of aliphatic imine (C=N–C) groups is 1. The summed E-state index contributed by atoms with van der Waals surface area (Å²) >= 11 is 0.808. The van der Waals surface area contributed by atoms with Crippen LogP contribution in [0.2, 0.25) is 0 Å². The first-order valence-electron chi connectivity index (χ1n) is 7.52. The van der Waals surface area contributed by atoms with Crippen LogP contribution in [-0.4, -0.2) is 34.1 Å². The van der Waals surface area contributed by atoms with E-state index in [0.29, 0.717) is 0 Å². The molecular weight excluding hydrogens is 374 g/mol. The van der Waals surface area contributed by atoms with Gasteiger partial charge < -0.3 is 5.73 Å². The monoisotopic (exact) mass is 387 g/mol. The Hall–Kier alpha value is -2.85. The number of nitrogens with two attached hydrogens (primary N) is 1. The van der Waals surface area contributed by atoms with E-state index in [1.54, 1.807) is 6.08 Å². The minimum atomic E-state index is -3.63. The van der Waals surface area contributed by atoms with Crippen molar-refractivity contribution >= 4 is 55.2 Å². The van der Waals surface area contributed by atoms with Crippen molar-refractivity contribution in [3.8, 4) is 0 Å². The molecule has 0 saturated heterocycles. The Morgan fingerprint density at radius 2 is 2.00 bits per heavy atom. The smallest absolute Gasteiger partial charge is 0.283 e. The summed E-state index contributed by atoms with van der Waals surface area (Å²) in [6, 6.07) is 7.53. The van der Waals surface area contributed by atoms with Crippen LogP contribution in [0.5, 0.6) is 0 Å². The summed E-state index contributed by atoms with van der Waals surface area (Å²) < 4.78 is 29.0. The van der Waals surface area contributed by atoms with Gasteiger partial charge in [0.2, 0.25) is 20.0 Å². The van der Waals surface area contributed by atoms with Crippen molar-refractivity contribution in [1.29, 1.82) is 0 Å². The van der Waals surface area contributed by atoms with Gasteiger partial charge in [0, 0.05) is 34.6 Å². The quantitative estimate of drug-likeness (QED) is 0.716. The predicted molar refractivity (Wildman–Crippen MR) is 102 cm³/mol. The van der Waals surface area contributed by atoms with E-state index in [9.17, 15) is 13.2 Å². The summed E-state index contributed by atoms with van der Waals surface area (Å²) in [6.45, 7) is 1.83. The zero-order valence-electron chi connectivity index (χ0n) is 13.8. The molecule has 132 valence electrons. The number of hydrogen-bond donors (Lipinski definition) is 1. The molecule has 2 aromatic heterocycles. The molecule has 1 aliphatic rings. The van der Waals surface area contributed by atoms with E-state index in [1.807, 2.05) is 31.2 Å². The molecular formula is C16H13N5O3S2. The number of rotatable bonds is 2. The van der Waals surface area contributed by atoms with Gasteiger partial charge in [-0.05, 0) is 19.1 Å². The number of benzene rings is 1. The normalized spacial score (nSPS) is 15.5. The molecule has 1 aromatic carbocycles. The van der Waals surface area contributed by atoms with Crippen LogP contribution in [0, 0.1) is 0 Å². The van der Waals surface area contributed by atoms with Crippen LogP contribution in [0.4, 0.5) is 11.5 Å². The van der Waals surface area contributed by atoms with E-state index in [0.717, 1.165) is 40.3 Å². The second kappa shape index (κ2) is 5.58. The van der Waals surface area contributed by atoms with Crippen molar-refractivity contribution in [2.24, 2.45) is 4.99 Å². The van der Waals surface area contributed by atoms with Crippen molar-refractivity contribution < 1.29 is 8.42 Å². The maximum absolute atomic E-state index is 12.5. The highest BCUT2D eigenvalue weighted by molar-refractivity contribution is 7.90. The molecule has 0 fully saturated rings. The van der Waals surface area contributed by atoms with Crippen LogP contribution in [0.25, 0.3) is 16.6 Å². The van der Waals surface area contributed by atoms with E-state index in [2.05, 4.69) is 14.3 Å². The molecule has 3 aromatic rings. The Balaban J connectivity index is 2.02. The average molecular weight is 387 g/mol. The van der Waals surface area contributed by atoms with Crippen LogP contribution < -0.4 is 11.3 Å². The van der Waals surface area contributed by atoms with Gasteiger partial charge in [0.1, 0.15) is 5.82 Å². The number of nitrogens with zero attached hydrogens (tertiary/aromatic N) is 4. The van der Waals surface area contributed by atoms with Crippen LogP contribution in [-0.2, 0) is 9.84 Å². The summed E-state index contributed by atoms with van der Waals surface area (Å²) in [5, 5.41) is -0.237. The average Bonchev–Trinajstić information content (AvgIpc) is 3.12. The lowest BCUT2D eigenvalue weighted by Gasteiger charge is -2.07. The summed E-state index contributed by atoms with van der Waals surface area (Å²) in [7, 11) is -3.63. The molecule has 8 nitrogen and oxygen atoms in total. The Kier molecular flexibility index (Phi) is 3.56. The number of fused-ring (bicyclic) bond motifs is 2. The van der Waals surface area contributed by atoms with Gasteiger partial charge in [0.15, 0.2) is 0 Å². The highest BCUT2D eigenvalue weighted by Gasteiger charge is 2.23. The van der Waals surface area contributed by atoms with E-state index >= 15 is 0 Å². The van der Waals surface area contributed by atoms with E-state index < -0.39 is 15.4 Å². The highest BCUT2D eigenvalue weighted by atomic mass is 32.2. The number of sulfone groups is 1. The fourth-order valence-electron chi connectivity index (χ4n) is 2.83. The summed E-state index contributed by atoms with van der Waals surface area (Å²) in [5.41, 5.74) is 8.87. The van der Waals surface area contributed by atoms with Crippen LogP contribution in [0.15, 0.2) is 39.2 Å². The molecule has 0 bridgehead atoms. The van der Waals surface area contributed by atoms with Gasteiger partial charge >= 0.3 is 0 Å². The van der Waals surface area contributed by atoms with Gasteiger partial charge in [-0.25, -0.2) is 12.8 Å². The fourth-order valence-corrected chi connectivity index (χ4v) is 4.69. The van der Waals surface area contributed by atoms with Gasteiger partial charge in [-0.3, -0.25) is 9.79 Å². The zero-order valence-corrected chi connectivity index (χ0v) is 15.4. The van der Waals surface area contributed by atoms with Gasteiger partial charge in [0.25, 0.3) is 5.56 Å². The molecule has 26 heavy (non-hydrogen) atoms. The summed E-state index contributed by atoms with van der Waals surface area (Å²) in [6.07, 6.45) is 2.63. The predicted octanol–water partition coefficient (Wildman–Crippen LogP) is 1.78. The minimum Gasteiger partial charge on any atom is -0.384 e. The lowest BCUT2D eigenvalue weighted by Crippen LogP contribution is -2.18. The van der Waals surface area contributed by atoms with Gasteiger partial charge in [-0.1, -0.05) is 18.2 Å². The largest absolute Gasteiger partial charge is 0.384 e. The SMILES string of the molecule is CC1=Nc2ccccc2/C1=C/c1c(N)n2c(S(C)(=O)=O)nsc2nc1=O. The molecule has 4 rings (SSSR count). The molecule has 0 spiro atoms. The Morgan fingerprint density at radius 1 is 1.27 bits per heavy atom. The maximum atomic E-state index is 12.5. The van der Waals surface area contributed by atoms with E-state index in [-0.39, 0.29) is 21.5 Å². The van der Waals surface area contributed by atoms with Crippen molar-refractivity contribution in [3.05, 3.63) is 45.7 Å². The van der Waals surface area contributed by atoms with Crippen molar-refractivity contribution in [2.45, 2.75) is 12.1 Å². The van der Waals surface area contributed by atoms with Crippen LogP contribution in [0.1, 0.15) is 18.1 Å². The van der Waals surface area contributed by atoms with E-state index in [1.165, 1.54) is 4.40 Å². The van der Waals surface area contributed by atoms with Crippen LogP contribution >= 0.6 is 11.5 Å². The first-order valence-corrected chi connectivity index (χ1v) is 10.2. The molecule has 3 heterocycles. The third-order valence-electron chi connectivity index (χ3n) is 4.02. The van der Waals surface area contributed by atoms with E-state index in [4.69, 9.17) is 5.73 Å². The number of anilines is 1. The molecule has 0 atom stereocenters. The molecule has 2 N–H and O–H groups in total. The molecule has 0 saturated carbocycles. The number of allylic oxidation sites excluding steroid dienone is 1. The first-order chi connectivity index (χ1) is 12.3. The summed E-state index contributed by atoms with van der Waals surface area (Å²) in [5.74, 6) is -0.0149. The molecule has 1 aliphatic heterocycles. The standard InChI is InChI=1S/C16H13N5O3S2/c1-8-10(9-5-3-4-6-12(9)18-8)7-11-13(17)21-15(19-14(11)22)25-20-16(21)26(2,23)24/h3-7H,17H2,1-2H3/b10-7+. The Morgan fingerprint density at radius 3 is 2.73 bits per heavy atom. The Bertz CT molecular complexity index is 1300. The van der Waals surface area contributed by atoms with Gasteiger partial charge in [-0.2, -0.15) is 9.36 Å². The zero-order chi connectivity index (χ0) is 18.6. The lowest BCUT2D eigenvalue weighted by molar-refractivity contribution is 0.593. The second-order valence-electron chi connectivity index (χ2n) is 5.84. The lowest BCUT2D eigenvalue weighted by atomic mass is 10.0. The topological polar surface area (TPSA) is 120 Å². The number of hydrogen-bond acceptors (Lipinski definition) is 8. The van der Waals surface area contributed by atoms with Gasteiger partial charge in [-0.15, -0.1) is 0 Å². The fraction of sp³-hybridized carbons (Fsp3) is 0.125. The number of para-hydroxylation sites is 1.